The average molecular weight is 246 g/mol. The molecule has 0 saturated carbocycles. The lowest BCUT2D eigenvalue weighted by Gasteiger charge is -2.15. The molecule has 2 rings (SSSR count). The van der Waals surface area contributed by atoms with E-state index in [2.05, 4.69) is 55.7 Å². The SMILES string of the molecule is CCc1ccc(C(NN)c2cccc(C)c2)s1. The molecule has 1 heterocycles. The van der Waals surface area contributed by atoms with Crippen LogP contribution in [0.5, 0.6) is 0 Å². The van der Waals surface area contributed by atoms with Gasteiger partial charge in [0.05, 0.1) is 6.04 Å². The molecule has 1 aromatic carbocycles. The second kappa shape index (κ2) is 5.45. The zero-order valence-corrected chi connectivity index (χ0v) is 11.1. The van der Waals surface area contributed by atoms with E-state index in [1.807, 2.05) is 11.3 Å². The van der Waals surface area contributed by atoms with E-state index < -0.39 is 0 Å². The lowest BCUT2D eigenvalue weighted by Crippen LogP contribution is -2.28. The summed E-state index contributed by atoms with van der Waals surface area (Å²) in [6.07, 6.45) is 1.08. The quantitative estimate of drug-likeness (QED) is 0.642. The van der Waals surface area contributed by atoms with Gasteiger partial charge in [-0.2, -0.15) is 0 Å². The molecule has 0 fully saturated rings. The number of rotatable bonds is 4. The second-order valence-electron chi connectivity index (χ2n) is 4.17. The minimum atomic E-state index is 0.0974. The van der Waals surface area contributed by atoms with Gasteiger partial charge in [-0.05, 0) is 31.0 Å². The minimum Gasteiger partial charge on any atom is -0.271 e. The molecule has 0 spiro atoms. The topological polar surface area (TPSA) is 38.0 Å². The van der Waals surface area contributed by atoms with E-state index in [4.69, 9.17) is 5.84 Å². The predicted octanol–water partition coefficient (Wildman–Crippen LogP) is 3.17. The Bertz CT molecular complexity index is 490. The number of nitrogens with two attached hydrogens (primary N) is 1. The molecule has 3 N–H and O–H groups in total. The van der Waals surface area contributed by atoms with Crippen molar-refractivity contribution in [3.05, 3.63) is 57.3 Å². The highest BCUT2D eigenvalue weighted by Crippen LogP contribution is 2.28. The monoisotopic (exact) mass is 246 g/mol. The van der Waals surface area contributed by atoms with Crippen molar-refractivity contribution in [3.63, 3.8) is 0 Å². The fourth-order valence-electron chi connectivity index (χ4n) is 1.93. The first-order valence-corrected chi connectivity index (χ1v) is 6.67. The van der Waals surface area contributed by atoms with Crippen LogP contribution in [0.15, 0.2) is 36.4 Å². The number of aryl methyl sites for hydroxylation is 2. The first kappa shape index (κ1) is 12.3. The Morgan fingerprint density at radius 1 is 1.29 bits per heavy atom. The Morgan fingerprint density at radius 2 is 2.12 bits per heavy atom. The highest BCUT2D eigenvalue weighted by molar-refractivity contribution is 7.12. The molecule has 0 bridgehead atoms. The van der Waals surface area contributed by atoms with Crippen LogP contribution in [-0.4, -0.2) is 0 Å². The van der Waals surface area contributed by atoms with E-state index in [-0.39, 0.29) is 6.04 Å². The van der Waals surface area contributed by atoms with Crippen LogP contribution in [0.3, 0.4) is 0 Å². The molecule has 1 atom stereocenters. The summed E-state index contributed by atoms with van der Waals surface area (Å²) in [4.78, 5) is 2.67. The number of hydrogen-bond acceptors (Lipinski definition) is 3. The maximum Gasteiger partial charge on any atom is 0.0802 e. The summed E-state index contributed by atoms with van der Waals surface area (Å²) in [7, 11) is 0. The van der Waals surface area contributed by atoms with E-state index in [1.54, 1.807) is 0 Å². The molecule has 0 saturated heterocycles. The van der Waals surface area contributed by atoms with E-state index in [0.29, 0.717) is 0 Å². The molecule has 17 heavy (non-hydrogen) atoms. The van der Waals surface area contributed by atoms with Crippen molar-refractivity contribution in [3.8, 4) is 0 Å². The smallest absolute Gasteiger partial charge is 0.0802 e. The van der Waals surface area contributed by atoms with Crippen molar-refractivity contribution in [1.29, 1.82) is 0 Å². The van der Waals surface area contributed by atoms with Gasteiger partial charge in [0, 0.05) is 9.75 Å². The standard InChI is InChI=1S/C14H18N2S/c1-3-12-7-8-13(17-12)14(16-15)11-6-4-5-10(2)9-11/h4-9,14,16H,3,15H2,1-2H3. The summed E-state index contributed by atoms with van der Waals surface area (Å²) in [6.45, 7) is 4.27. The van der Waals surface area contributed by atoms with Crippen LogP contribution in [0.1, 0.15) is 33.8 Å². The first-order valence-electron chi connectivity index (χ1n) is 5.86. The highest BCUT2D eigenvalue weighted by Gasteiger charge is 2.14. The Morgan fingerprint density at radius 3 is 2.71 bits per heavy atom. The third-order valence-corrected chi connectivity index (χ3v) is 4.15. The Kier molecular flexibility index (Phi) is 3.94. The molecule has 1 unspecified atom stereocenters. The van der Waals surface area contributed by atoms with Gasteiger partial charge in [0.2, 0.25) is 0 Å². The molecule has 2 nitrogen and oxygen atoms in total. The first-order chi connectivity index (χ1) is 8.24. The average Bonchev–Trinajstić information content (AvgIpc) is 2.79. The van der Waals surface area contributed by atoms with E-state index >= 15 is 0 Å². The number of benzene rings is 1. The lowest BCUT2D eigenvalue weighted by molar-refractivity contribution is 0.646. The number of hydrogen-bond donors (Lipinski definition) is 2. The normalized spacial score (nSPS) is 12.6. The second-order valence-corrected chi connectivity index (χ2v) is 5.37. The van der Waals surface area contributed by atoms with E-state index in [9.17, 15) is 0 Å². The fraction of sp³-hybridized carbons (Fsp3) is 0.286. The van der Waals surface area contributed by atoms with Crippen LogP contribution < -0.4 is 11.3 Å². The summed E-state index contributed by atoms with van der Waals surface area (Å²) >= 11 is 1.82. The Balaban J connectivity index is 2.33. The number of hydrazine groups is 1. The van der Waals surface area contributed by atoms with Gasteiger partial charge in [-0.3, -0.25) is 5.84 Å². The summed E-state index contributed by atoms with van der Waals surface area (Å²) < 4.78 is 0. The van der Waals surface area contributed by atoms with Gasteiger partial charge in [-0.15, -0.1) is 11.3 Å². The van der Waals surface area contributed by atoms with Crippen LogP contribution in [-0.2, 0) is 6.42 Å². The maximum absolute atomic E-state index is 5.69. The summed E-state index contributed by atoms with van der Waals surface area (Å²) in [5.74, 6) is 5.69. The van der Waals surface area contributed by atoms with Crippen molar-refractivity contribution < 1.29 is 0 Å². The van der Waals surface area contributed by atoms with E-state index in [1.165, 1.54) is 20.9 Å². The molecular weight excluding hydrogens is 228 g/mol. The minimum absolute atomic E-state index is 0.0974. The molecule has 1 aromatic heterocycles. The van der Waals surface area contributed by atoms with Crippen molar-refractivity contribution in [1.82, 2.24) is 5.43 Å². The van der Waals surface area contributed by atoms with Crippen molar-refractivity contribution in [2.24, 2.45) is 5.84 Å². The summed E-state index contributed by atoms with van der Waals surface area (Å²) in [5, 5.41) is 0. The van der Waals surface area contributed by atoms with Gasteiger partial charge < -0.3 is 0 Å². The molecular formula is C14H18N2S. The van der Waals surface area contributed by atoms with Crippen molar-refractivity contribution in [2.45, 2.75) is 26.3 Å². The molecule has 0 aliphatic heterocycles. The molecule has 0 aliphatic carbocycles. The van der Waals surface area contributed by atoms with Crippen LogP contribution >= 0.6 is 11.3 Å². The fourth-order valence-corrected chi connectivity index (χ4v) is 2.97. The van der Waals surface area contributed by atoms with Crippen molar-refractivity contribution in [2.75, 3.05) is 0 Å². The zero-order valence-electron chi connectivity index (χ0n) is 10.2. The predicted molar refractivity (Wildman–Crippen MR) is 74.0 cm³/mol. The lowest BCUT2D eigenvalue weighted by atomic mass is 10.0. The highest BCUT2D eigenvalue weighted by atomic mass is 32.1. The molecule has 0 radical (unpaired) electrons. The van der Waals surface area contributed by atoms with Gasteiger partial charge >= 0.3 is 0 Å². The van der Waals surface area contributed by atoms with Gasteiger partial charge in [-0.25, -0.2) is 5.43 Å². The third-order valence-electron chi connectivity index (χ3n) is 2.86. The molecule has 3 heteroatoms. The maximum atomic E-state index is 5.69. The largest absolute Gasteiger partial charge is 0.271 e. The van der Waals surface area contributed by atoms with Gasteiger partial charge in [-0.1, -0.05) is 36.8 Å². The van der Waals surface area contributed by atoms with Crippen LogP contribution in [0.25, 0.3) is 0 Å². The Hall–Kier alpha value is -1.16. The molecule has 90 valence electrons. The summed E-state index contributed by atoms with van der Waals surface area (Å²) in [6, 6.07) is 12.9. The van der Waals surface area contributed by atoms with Crippen LogP contribution in [0.2, 0.25) is 0 Å². The third kappa shape index (κ3) is 2.75. The van der Waals surface area contributed by atoms with Gasteiger partial charge in [0.25, 0.3) is 0 Å². The number of nitrogens with one attached hydrogen (secondary N) is 1. The van der Waals surface area contributed by atoms with Gasteiger partial charge in [0.1, 0.15) is 0 Å². The number of thiophene rings is 1. The van der Waals surface area contributed by atoms with Crippen LogP contribution in [0, 0.1) is 6.92 Å². The van der Waals surface area contributed by atoms with Crippen LogP contribution in [0.4, 0.5) is 0 Å². The van der Waals surface area contributed by atoms with Crippen molar-refractivity contribution >= 4 is 11.3 Å². The molecule has 0 aliphatic rings. The Labute approximate surface area is 106 Å². The molecule has 2 aromatic rings. The summed E-state index contributed by atoms with van der Waals surface area (Å²) in [5.41, 5.74) is 5.39. The van der Waals surface area contributed by atoms with E-state index in [0.717, 1.165) is 6.42 Å². The van der Waals surface area contributed by atoms with Gasteiger partial charge in [0.15, 0.2) is 0 Å². The zero-order chi connectivity index (χ0) is 12.3. The molecule has 0 amide bonds.